The Morgan fingerprint density at radius 3 is 0.552 bits per heavy atom. The van der Waals surface area contributed by atoms with Gasteiger partial charge in [0, 0.05) is 85.6 Å². The Balaban J connectivity index is -0.000000189. The van der Waals surface area contributed by atoms with E-state index >= 15 is 0 Å². The first kappa shape index (κ1) is 130. The number of benzene rings is 8. The molecule has 43 heteroatoms. The van der Waals surface area contributed by atoms with Crippen LogP contribution in [0.25, 0.3) is 0 Å². The van der Waals surface area contributed by atoms with Gasteiger partial charge in [0.05, 0.1) is 67.6 Å². The molecule has 1 aliphatic heterocycles. The summed E-state index contributed by atoms with van der Waals surface area (Å²) in [6.07, 6.45) is 0. The SMILES string of the molecule is CO.COc1cc(C)cc(CN2CCN(Cc3cc(C)cc(OC)c3[O-])CCN(Cc3cc(C)cc(OC)c3[O-])CCN(Cc3cc(C)cc(OC)c3[O-])CC2)c1[O-].O=C([O-])c1ccccc1.O=C([O-])c1ccccc1.O=C([O-])c1ccccc1.O=C([O-])c1ccccc1.O=[N+]([O-])[O-].O=[N+]([O-])[O-].O=[N+]([O-])[O-].[Dy+3].[Dy+3].[Dy+3].[Dy+3].[Dy+3].[OH-].[OH-].[OH-].[OH-].[OH3+]. The molecule has 8 aromatic carbocycles. The second-order valence-electron chi connectivity index (χ2n) is 22.2. The van der Waals surface area contributed by atoms with Gasteiger partial charge in [0.2, 0.25) is 0 Å². The van der Waals surface area contributed by atoms with Gasteiger partial charge in [0.15, 0.2) is 0 Å². The average Bonchev–Trinajstić information content (AvgIpc) is 0.841. The number of aliphatic hydroxyl groups is 1. The average molecular weight is 2370 g/mol. The van der Waals surface area contributed by atoms with Gasteiger partial charge in [-0.1, -0.05) is 169 Å². The van der Waals surface area contributed by atoms with Crippen LogP contribution in [0.15, 0.2) is 170 Å². The Hall–Kier alpha value is -6.40. The van der Waals surface area contributed by atoms with Crippen molar-refractivity contribution in [2.24, 2.45) is 0 Å². The topological polar surface area (TPSA) is 674 Å². The van der Waals surface area contributed by atoms with Crippen LogP contribution in [0, 0.1) is 265 Å². The summed E-state index contributed by atoms with van der Waals surface area (Å²) in [6.45, 7) is 14.2. The number of aliphatic hydroxyl groups excluding tert-OH is 1. The van der Waals surface area contributed by atoms with E-state index in [1.807, 2.05) is 52.0 Å². The minimum Gasteiger partial charge on any atom is -0.870 e. The fourth-order valence-electron chi connectivity index (χ4n) is 9.80. The number of nitrogens with zero attached hydrogens (tertiary/aromatic N) is 7. The number of aryl methyl sites for hydroxylation is 4. The van der Waals surface area contributed by atoms with E-state index in [4.69, 9.17) is 70.0 Å². The predicted octanol–water partition coefficient (Wildman–Crippen LogP) is 1.03. The molecule has 0 amide bonds. The molecule has 1 fully saturated rings. The molecule has 8 aromatic rings. The fourth-order valence-corrected chi connectivity index (χ4v) is 9.80. The first-order chi connectivity index (χ1) is 50.2. The summed E-state index contributed by atoms with van der Waals surface area (Å²) >= 11 is 0. The summed E-state index contributed by atoms with van der Waals surface area (Å²) in [4.78, 5) is 74.2. The first-order valence-corrected chi connectivity index (χ1v) is 31.5. The van der Waals surface area contributed by atoms with Crippen molar-refractivity contribution < 1.29 is 318 Å². The van der Waals surface area contributed by atoms with Crippen LogP contribution in [0.1, 0.15) is 85.9 Å². The molecule has 116 heavy (non-hydrogen) atoms. The summed E-state index contributed by atoms with van der Waals surface area (Å²) in [5.41, 5.74) is 7.23. The predicted molar refractivity (Wildman–Crippen MR) is 385 cm³/mol. The van der Waals surface area contributed by atoms with Crippen LogP contribution in [0.3, 0.4) is 0 Å². The van der Waals surface area contributed by atoms with Crippen LogP contribution in [0.2, 0.25) is 0 Å². The summed E-state index contributed by atoms with van der Waals surface area (Å²) in [6, 6.07) is 47.0. The normalized spacial score (nSPS) is 10.9. The molecule has 5 radical (unpaired) electrons. The summed E-state index contributed by atoms with van der Waals surface area (Å²) in [7, 11) is 7.05. The third-order valence-corrected chi connectivity index (χ3v) is 14.5. The summed E-state index contributed by atoms with van der Waals surface area (Å²) < 4.78 is 21.7. The Labute approximate surface area is 821 Å². The second kappa shape index (κ2) is 73.7. The Morgan fingerprint density at radius 1 is 0.319 bits per heavy atom. The third-order valence-electron chi connectivity index (χ3n) is 14.5. The number of carbonyl (C=O) groups is 4. The van der Waals surface area contributed by atoms with Gasteiger partial charge >= 0.3 is 191 Å². The molecule has 0 bridgehead atoms. The van der Waals surface area contributed by atoms with Gasteiger partial charge in [0.25, 0.3) is 0 Å². The quantitative estimate of drug-likeness (QED) is 0.0802. The first-order valence-electron chi connectivity index (χ1n) is 31.5. The molecule has 0 unspecified atom stereocenters. The van der Waals surface area contributed by atoms with Crippen molar-refractivity contribution in [3.63, 3.8) is 0 Å². The molecule has 649 valence electrons. The van der Waals surface area contributed by atoms with E-state index < -0.39 is 39.1 Å². The van der Waals surface area contributed by atoms with Crippen molar-refractivity contribution in [1.82, 2.24) is 19.6 Å². The third kappa shape index (κ3) is 54.6. The molecule has 1 heterocycles. The summed E-state index contributed by atoms with van der Waals surface area (Å²) in [5.74, 6) is -3.78. The van der Waals surface area contributed by atoms with Crippen molar-refractivity contribution in [2.45, 2.75) is 53.9 Å². The smallest absolute Gasteiger partial charge is 0.870 e. The molecule has 0 saturated carbocycles. The largest absolute Gasteiger partial charge is 3.00 e. The van der Waals surface area contributed by atoms with E-state index in [2.05, 4.69) is 19.6 Å². The zero-order valence-corrected chi connectivity index (χ0v) is 73.5. The van der Waals surface area contributed by atoms with E-state index in [0.717, 1.165) is 29.4 Å². The molecular weight excluding hydrogens is 2280 g/mol. The fraction of sp³-hybridized carbons (Fsp3) is 0.288. The van der Waals surface area contributed by atoms with E-state index in [1.165, 1.54) is 77.0 Å². The molecule has 0 aromatic heterocycles. The maximum absolute atomic E-state index is 13.4. The van der Waals surface area contributed by atoms with Gasteiger partial charge in [-0.15, -0.1) is 0 Å². The van der Waals surface area contributed by atoms with Gasteiger partial charge in [-0.05, 0) is 119 Å². The van der Waals surface area contributed by atoms with Crippen molar-refractivity contribution in [3.05, 3.63) is 283 Å². The van der Waals surface area contributed by atoms with Crippen molar-refractivity contribution >= 4 is 23.9 Å². The summed E-state index contributed by atoms with van der Waals surface area (Å²) in [5, 5.41) is 145. The number of carboxylic acids is 4. The van der Waals surface area contributed by atoms with Gasteiger partial charge in [-0.3, -0.25) is 19.6 Å². The number of methoxy groups -OCH3 is 4. The van der Waals surface area contributed by atoms with E-state index in [9.17, 15) is 60.0 Å². The molecular formula is C73H87Dy5N7O31+. The van der Waals surface area contributed by atoms with Crippen LogP contribution in [0.5, 0.6) is 46.0 Å². The molecule has 38 nitrogen and oxygen atoms in total. The maximum Gasteiger partial charge on any atom is 3.00 e. The number of rotatable bonds is 16. The van der Waals surface area contributed by atoms with Crippen LogP contribution in [0.4, 0.5) is 0 Å². The van der Waals surface area contributed by atoms with Crippen molar-refractivity contribution in [3.8, 4) is 46.0 Å². The minimum absolute atomic E-state index is 0. The van der Waals surface area contributed by atoms with Crippen molar-refractivity contribution in [1.29, 1.82) is 0 Å². The Bertz CT molecular complexity index is 3500. The number of hydrogen-bond donors (Lipinski definition) is 1. The van der Waals surface area contributed by atoms with Crippen molar-refractivity contribution in [2.75, 3.05) is 87.9 Å². The van der Waals surface area contributed by atoms with E-state index in [0.29, 0.717) is 124 Å². The molecule has 8 N–H and O–H groups in total. The zero-order chi connectivity index (χ0) is 80.0. The molecule has 9 rings (SSSR count). The van der Waals surface area contributed by atoms with Crippen LogP contribution in [-0.4, -0.2) is 174 Å². The number of ether oxygens (including phenoxy) is 4. The standard InChI is InChI=1S/C44H60N4O8.4C7H6O2.CH4O.5Dy.3NO3.5H2O/c1-29-17-33(41(49)37(21-29)53-5)25-45-9-11-46(26-34-18-30(2)22-38(54-6)42(34)50)13-15-48(28-36-20-32(4)24-40(56-8)44(36)52)16-14-47(12-10-45)27-35-19-31(3)23-39(55-7)43(35)51;4*8-7(9)6-4-2-1-3-5-6;1-2;;;;;;3*2-1(3)4;;;;;/h17-24,49-52H,9-16,25-28H2,1-8H3;4*1-5H,(H,8,9);2H,1H3;;;;;;;;;5*1H2/q;;;;;;5*+3;3*-1;;;;;/p-11. The van der Waals surface area contributed by atoms with Gasteiger partial charge in [-0.2, -0.15) is 0 Å². The Morgan fingerprint density at radius 2 is 0.448 bits per heavy atom. The molecule has 0 aliphatic carbocycles. The molecule has 0 spiro atoms. The van der Waals surface area contributed by atoms with E-state index in [-0.39, 0.29) is 264 Å². The van der Waals surface area contributed by atoms with Gasteiger partial charge in [0.1, 0.15) is 23.0 Å². The van der Waals surface area contributed by atoms with Crippen LogP contribution < -0.4 is 59.8 Å². The number of carbonyl (C=O) groups excluding carboxylic acids is 4. The molecule has 1 aliphatic rings. The van der Waals surface area contributed by atoms with Crippen LogP contribution in [-0.2, 0) is 31.7 Å². The molecule has 0 atom stereocenters. The minimum atomic E-state index is -1.75. The van der Waals surface area contributed by atoms with Gasteiger partial charge in [-0.25, -0.2) is 0 Å². The zero-order valence-electron chi connectivity index (χ0n) is 63.4. The number of carboxylic acid groups (broad SMARTS) is 4. The van der Waals surface area contributed by atoms with Gasteiger partial charge < -0.3 is 157 Å². The molecule has 1 saturated heterocycles. The number of hydrogen-bond acceptors (Lipinski definition) is 34. The number of aromatic carboxylic acids is 4. The van der Waals surface area contributed by atoms with E-state index in [1.54, 1.807) is 97.1 Å². The second-order valence-corrected chi connectivity index (χ2v) is 22.2. The van der Waals surface area contributed by atoms with Crippen LogP contribution >= 0.6 is 0 Å². The Kier molecular flexibility index (Phi) is 82.8. The maximum atomic E-state index is 13.4. The monoisotopic (exact) mass is 2380 g/mol.